The molecule has 1 aromatic rings. The van der Waals surface area contributed by atoms with E-state index in [4.69, 9.17) is 10.8 Å². The van der Waals surface area contributed by atoms with E-state index in [0.29, 0.717) is 5.56 Å². The van der Waals surface area contributed by atoms with Crippen LogP contribution < -0.4 is 0 Å². The molecule has 1 aliphatic carbocycles. The molecule has 21 heavy (non-hydrogen) atoms. The van der Waals surface area contributed by atoms with Crippen molar-refractivity contribution >= 4 is 11.9 Å². The molecule has 0 aromatic heterocycles. The van der Waals surface area contributed by atoms with Crippen molar-refractivity contribution in [3.8, 4) is 0 Å². The summed E-state index contributed by atoms with van der Waals surface area (Å²) in [7, 11) is 1.26. The quantitative estimate of drug-likeness (QED) is 0.780. The molecule has 1 unspecified atom stereocenters. The van der Waals surface area contributed by atoms with E-state index in [-0.39, 0.29) is 5.92 Å². The Morgan fingerprint density at radius 2 is 1.90 bits per heavy atom. The van der Waals surface area contributed by atoms with Gasteiger partial charge in [0.25, 0.3) is 0 Å². The number of rotatable bonds is 5. The van der Waals surface area contributed by atoms with E-state index in [1.165, 1.54) is 7.11 Å². The van der Waals surface area contributed by atoms with Gasteiger partial charge in [-0.2, -0.15) is 0 Å². The molecule has 0 heterocycles. The minimum Gasteiger partial charge on any atom is -0.466 e. The fourth-order valence-corrected chi connectivity index (χ4v) is 2.64. The average molecular weight is 291 g/mol. The van der Waals surface area contributed by atoms with Crippen molar-refractivity contribution in [1.82, 2.24) is 0 Å². The van der Waals surface area contributed by atoms with E-state index in [0.717, 1.165) is 32.1 Å². The standard InChI is InChI=1S/C17H22O4/c1-20-17(19)16(14-10-6-3-7-11-14)21-15(18)12-13-8-4-2-5-9-13/h3,6-7,10-11,13,16H,2,4-5,8-9,12H2,1H3/t16-/m1/s1/i12D/t12?,16-. The van der Waals surface area contributed by atoms with Gasteiger partial charge in [0.05, 0.1) is 7.11 Å². The molecular weight excluding hydrogens is 268 g/mol. The fraction of sp³-hybridized carbons (Fsp3) is 0.529. The zero-order valence-electron chi connectivity index (χ0n) is 13.3. The van der Waals surface area contributed by atoms with Gasteiger partial charge in [-0.1, -0.05) is 49.6 Å². The number of hydrogen-bond acceptors (Lipinski definition) is 4. The van der Waals surface area contributed by atoms with Crippen LogP contribution in [0.3, 0.4) is 0 Å². The van der Waals surface area contributed by atoms with Crippen molar-refractivity contribution in [2.75, 3.05) is 7.11 Å². The van der Waals surface area contributed by atoms with Crippen molar-refractivity contribution in [3.05, 3.63) is 35.9 Å². The third-order valence-electron chi connectivity index (χ3n) is 3.77. The number of carbonyl (C=O) groups excluding carboxylic acids is 2. The number of methoxy groups -OCH3 is 1. The molecule has 4 nitrogen and oxygen atoms in total. The molecule has 1 aliphatic rings. The first kappa shape index (κ1) is 14.1. The third-order valence-corrected chi connectivity index (χ3v) is 3.77. The second kappa shape index (κ2) is 7.81. The second-order valence-corrected chi connectivity index (χ2v) is 5.32. The molecule has 0 bridgehead atoms. The van der Waals surface area contributed by atoms with E-state index >= 15 is 0 Å². The third kappa shape index (κ3) is 4.59. The Morgan fingerprint density at radius 1 is 1.24 bits per heavy atom. The van der Waals surface area contributed by atoms with Crippen molar-refractivity contribution in [3.63, 3.8) is 0 Å². The molecule has 0 N–H and O–H groups in total. The van der Waals surface area contributed by atoms with Crippen LogP contribution in [0.15, 0.2) is 30.3 Å². The van der Waals surface area contributed by atoms with Crippen LogP contribution in [0.4, 0.5) is 0 Å². The van der Waals surface area contributed by atoms with Crippen molar-refractivity contribution in [1.29, 1.82) is 0 Å². The maximum atomic E-state index is 12.2. The number of benzene rings is 1. The van der Waals surface area contributed by atoms with Crippen LogP contribution in [0.5, 0.6) is 0 Å². The molecule has 0 radical (unpaired) electrons. The van der Waals surface area contributed by atoms with Gasteiger partial charge in [0.1, 0.15) is 0 Å². The Balaban J connectivity index is 2.06. The minimum atomic E-state index is -1.10. The summed E-state index contributed by atoms with van der Waals surface area (Å²) >= 11 is 0. The molecule has 0 amide bonds. The summed E-state index contributed by atoms with van der Waals surface area (Å²) in [5.74, 6) is -1.25. The summed E-state index contributed by atoms with van der Waals surface area (Å²) in [6.45, 7) is 0. The van der Waals surface area contributed by atoms with Crippen LogP contribution in [0.2, 0.25) is 0 Å². The van der Waals surface area contributed by atoms with Crippen LogP contribution in [-0.4, -0.2) is 19.0 Å². The van der Waals surface area contributed by atoms with Gasteiger partial charge >= 0.3 is 11.9 Å². The predicted molar refractivity (Wildman–Crippen MR) is 78.5 cm³/mol. The van der Waals surface area contributed by atoms with Crippen LogP contribution in [0.25, 0.3) is 0 Å². The molecule has 0 aliphatic heterocycles. The number of ether oxygens (including phenoxy) is 2. The Kier molecular flexibility index (Phi) is 5.25. The van der Waals surface area contributed by atoms with Gasteiger partial charge in [-0.25, -0.2) is 4.79 Å². The molecule has 2 rings (SSSR count). The molecule has 1 saturated carbocycles. The molecule has 114 valence electrons. The molecule has 1 aromatic carbocycles. The fourth-order valence-electron chi connectivity index (χ4n) is 2.64. The van der Waals surface area contributed by atoms with Crippen molar-refractivity contribution in [2.45, 2.75) is 44.6 Å². The zero-order valence-corrected chi connectivity index (χ0v) is 12.3. The lowest BCUT2D eigenvalue weighted by Gasteiger charge is -2.22. The SMILES string of the molecule is [2H]C(C(=O)O[C@@H](C(=O)OC)c1ccccc1)C1CCCCC1. The lowest BCUT2D eigenvalue weighted by molar-refractivity contribution is -0.167. The Bertz CT molecular complexity index is 497. The van der Waals surface area contributed by atoms with Crippen LogP contribution >= 0.6 is 0 Å². The highest BCUT2D eigenvalue weighted by Crippen LogP contribution is 2.28. The van der Waals surface area contributed by atoms with Gasteiger partial charge < -0.3 is 9.47 Å². The van der Waals surface area contributed by atoms with Crippen molar-refractivity contribution in [2.24, 2.45) is 5.92 Å². The molecular formula is C17H22O4. The van der Waals surface area contributed by atoms with E-state index in [1.54, 1.807) is 24.3 Å². The summed E-state index contributed by atoms with van der Waals surface area (Å²) in [4.78, 5) is 24.1. The summed E-state index contributed by atoms with van der Waals surface area (Å²) in [5.41, 5.74) is 0.554. The monoisotopic (exact) mass is 291 g/mol. The van der Waals surface area contributed by atoms with Crippen molar-refractivity contribution < 1.29 is 20.4 Å². The maximum absolute atomic E-state index is 12.2. The van der Waals surface area contributed by atoms with Crippen LogP contribution in [0.1, 0.15) is 51.5 Å². The highest BCUT2D eigenvalue weighted by atomic mass is 16.6. The first-order chi connectivity index (χ1) is 10.6. The lowest BCUT2D eigenvalue weighted by Crippen LogP contribution is -2.23. The molecule has 4 heteroatoms. The average Bonchev–Trinajstić information content (AvgIpc) is 2.59. The number of esters is 2. The maximum Gasteiger partial charge on any atom is 0.351 e. The summed E-state index contributed by atoms with van der Waals surface area (Å²) in [6.07, 6.45) is 2.97. The van der Waals surface area contributed by atoms with E-state index in [9.17, 15) is 9.59 Å². The Hall–Kier alpha value is -1.84. The van der Waals surface area contributed by atoms with Gasteiger partial charge in [0.15, 0.2) is 0 Å². The molecule has 1 fully saturated rings. The number of carbonyl (C=O) groups is 2. The van der Waals surface area contributed by atoms with Gasteiger partial charge in [0, 0.05) is 13.3 Å². The summed E-state index contributed by atoms with van der Waals surface area (Å²) in [6, 6.07) is 8.74. The Morgan fingerprint density at radius 3 is 2.52 bits per heavy atom. The normalized spacial score (nSPS) is 19.2. The van der Waals surface area contributed by atoms with E-state index < -0.39 is 24.4 Å². The van der Waals surface area contributed by atoms with E-state index in [2.05, 4.69) is 0 Å². The Labute approximate surface area is 126 Å². The number of hydrogen-bond donors (Lipinski definition) is 0. The van der Waals surface area contributed by atoms with Crippen LogP contribution in [0, 0.1) is 5.92 Å². The van der Waals surface area contributed by atoms with Gasteiger partial charge in [-0.05, 0) is 18.8 Å². The minimum absolute atomic E-state index is 0.0234. The zero-order chi connectivity index (χ0) is 15.9. The smallest absolute Gasteiger partial charge is 0.351 e. The predicted octanol–water partition coefficient (Wildman–Crippen LogP) is 3.41. The summed E-state index contributed by atoms with van der Waals surface area (Å²) < 4.78 is 18.1. The van der Waals surface area contributed by atoms with Gasteiger partial charge in [0.2, 0.25) is 6.10 Å². The molecule has 2 atom stereocenters. The van der Waals surface area contributed by atoms with Crippen LogP contribution in [-0.2, 0) is 19.1 Å². The lowest BCUT2D eigenvalue weighted by atomic mass is 9.87. The molecule has 0 spiro atoms. The first-order valence-corrected chi connectivity index (χ1v) is 7.39. The highest BCUT2D eigenvalue weighted by molar-refractivity contribution is 5.80. The van der Waals surface area contributed by atoms with Gasteiger partial charge in [-0.3, -0.25) is 4.79 Å². The topological polar surface area (TPSA) is 52.6 Å². The van der Waals surface area contributed by atoms with E-state index in [1.807, 2.05) is 6.07 Å². The highest BCUT2D eigenvalue weighted by Gasteiger charge is 2.27. The summed E-state index contributed by atoms with van der Waals surface area (Å²) in [5, 5.41) is 0. The second-order valence-electron chi connectivity index (χ2n) is 5.32. The van der Waals surface area contributed by atoms with Gasteiger partial charge in [-0.15, -0.1) is 0 Å². The molecule has 0 saturated heterocycles. The largest absolute Gasteiger partial charge is 0.466 e. The first-order valence-electron chi connectivity index (χ1n) is 7.96.